The zero-order valence-corrected chi connectivity index (χ0v) is 10.9. The van der Waals surface area contributed by atoms with Crippen molar-refractivity contribution < 1.29 is 19.0 Å². The molecule has 0 spiro atoms. The second-order valence-corrected chi connectivity index (χ2v) is 4.68. The number of carbonyl (C=O) groups is 1. The fourth-order valence-corrected chi connectivity index (χ4v) is 2.34. The lowest BCUT2D eigenvalue weighted by Gasteiger charge is -2.03. The van der Waals surface area contributed by atoms with Crippen LogP contribution in [0.2, 0.25) is 0 Å². The highest BCUT2D eigenvalue weighted by atomic mass is 32.1. The topological polar surface area (TPSA) is 46.5 Å². The third kappa shape index (κ3) is 3.00. The lowest BCUT2D eigenvalue weighted by atomic mass is 10.1. The first kappa shape index (κ1) is 13.3. The van der Waals surface area contributed by atoms with E-state index >= 15 is 0 Å². The van der Waals surface area contributed by atoms with Crippen LogP contribution in [0.4, 0.5) is 4.39 Å². The number of hydrogen-bond donors (Lipinski definition) is 1. The molecule has 0 atom stereocenters. The SMILES string of the molecule is COc1ccc(C=C(C(=O)O)c2cccs2)cc1F. The van der Waals surface area contributed by atoms with Gasteiger partial charge in [-0.25, -0.2) is 9.18 Å². The first-order chi connectivity index (χ1) is 9.11. The van der Waals surface area contributed by atoms with E-state index < -0.39 is 11.8 Å². The quantitative estimate of drug-likeness (QED) is 0.870. The summed E-state index contributed by atoms with van der Waals surface area (Å²) in [7, 11) is 1.38. The van der Waals surface area contributed by atoms with E-state index in [1.165, 1.54) is 36.7 Å². The van der Waals surface area contributed by atoms with Crippen molar-refractivity contribution in [2.45, 2.75) is 0 Å². The van der Waals surface area contributed by atoms with Gasteiger partial charge in [0.15, 0.2) is 11.6 Å². The minimum atomic E-state index is -1.04. The Bertz CT molecular complexity index is 618. The molecule has 1 heterocycles. The van der Waals surface area contributed by atoms with Crippen LogP contribution in [0.1, 0.15) is 10.4 Å². The fourth-order valence-electron chi connectivity index (χ4n) is 1.61. The number of rotatable bonds is 4. The van der Waals surface area contributed by atoms with Crippen LogP contribution < -0.4 is 4.74 Å². The van der Waals surface area contributed by atoms with Crippen LogP contribution in [0.25, 0.3) is 11.6 Å². The predicted octanol–water partition coefficient (Wildman–Crippen LogP) is 3.52. The molecule has 0 aliphatic heterocycles. The molecule has 1 aromatic carbocycles. The van der Waals surface area contributed by atoms with Gasteiger partial charge in [0.25, 0.3) is 0 Å². The van der Waals surface area contributed by atoms with Gasteiger partial charge >= 0.3 is 5.97 Å². The molecule has 0 fully saturated rings. The summed E-state index contributed by atoms with van der Waals surface area (Å²) in [5.41, 5.74) is 0.615. The van der Waals surface area contributed by atoms with Crippen LogP contribution in [0.3, 0.4) is 0 Å². The van der Waals surface area contributed by atoms with Gasteiger partial charge in [-0.1, -0.05) is 12.1 Å². The summed E-state index contributed by atoms with van der Waals surface area (Å²) < 4.78 is 18.4. The largest absolute Gasteiger partial charge is 0.494 e. The zero-order valence-electron chi connectivity index (χ0n) is 10.1. The molecule has 0 amide bonds. The normalized spacial score (nSPS) is 11.4. The summed E-state index contributed by atoms with van der Waals surface area (Å²) in [5, 5.41) is 11.0. The van der Waals surface area contributed by atoms with Crippen molar-refractivity contribution in [2.24, 2.45) is 0 Å². The van der Waals surface area contributed by atoms with Crippen molar-refractivity contribution >= 4 is 29.0 Å². The maximum atomic E-state index is 13.5. The maximum absolute atomic E-state index is 13.5. The van der Waals surface area contributed by atoms with Crippen molar-refractivity contribution in [1.82, 2.24) is 0 Å². The van der Waals surface area contributed by atoms with Gasteiger partial charge in [0.05, 0.1) is 12.7 Å². The lowest BCUT2D eigenvalue weighted by molar-refractivity contribution is -0.130. The number of thiophene rings is 1. The molecule has 0 aliphatic carbocycles. The standard InChI is InChI=1S/C14H11FO3S/c1-18-12-5-4-9(8-11(12)15)7-10(14(16)17)13-3-2-6-19-13/h2-8H,1H3,(H,16,17). The Morgan fingerprint density at radius 1 is 1.42 bits per heavy atom. The predicted molar refractivity (Wildman–Crippen MR) is 72.8 cm³/mol. The maximum Gasteiger partial charge on any atom is 0.337 e. The molecule has 19 heavy (non-hydrogen) atoms. The molecule has 0 aliphatic rings. The Kier molecular flexibility index (Phi) is 3.97. The summed E-state index contributed by atoms with van der Waals surface area (Å²) in [5.74, 6) is -1.43. The Hall–Kier alpha value is -2.14. The van der Waals surface area contributed by atoms with E-state index in [2.05, 4.69) is 0 Å². The van der Waals surface area contributed by atoms with Crippen LogP contribution >= 0.6 is 11.3 Å². The average Bonchev–Trinajstić information content (AvgIpc) is 2.89. The molecule has 1 aromatic heterocycles. The molecule has 0 bridgehead atoms. The minimum absolute atomic E-state index is 0.130. The van der Waals surface area contributed by atoms with E-state index in [0.29, 0.717) is 10.4 Å². The molecule has 98 valence electrons. The van der Waals surface area contributed by atoms with Crippen LogP contribution in [0.15, 0.2) is 35.7 Å². The van der Waals surface area contributed by atoms with Gasteiger partial charge in [-0.05, 0) is 35.2 Å². The molecule has 0 saturated heterocycles. The van der Waals surface area contributed by atoms with Gasteiger partial charge < -0.3 is 9.84 Å². The number of aliphatic carboxylic acids is 1. The summed E-state index contributed by atoms with van der Waals surface area (Å²) >= 11 is 1.32. The smallest absolute Gasteiger partial charge is 0.337 e. The second kappa shape index (κ2) is 5.67. The van der Waals surface area contributed by atoms with Gasteiger partial charge in [-0.15, -0.1) is 11.3 Å². The van der Waals surface area contributed by atoms with Crippen molar-refractivity contribution in [3.05, 3.63) is 52.0 Å². The van der Waals surface area contributed by atoms with Gasteiger partial charge in [0, 0.05) is 4.88 Å². The molecular formula is C14H11FO3S. The van der Waals surface area contributed by atoms with E-state index in [0.717, 1.165) is 0 Å². The molecule has 2 aromatic rings. The van der Waals surface area contributed by atoms with Gasteiger partial charge in [0.2, 0.25) is 0 Å². The van der Waals surface area contributed by atoms with E-state index in [1.807, 2.05) is 0 Å². The van der Waals surface area contributed by atoms with Crippen LogP contribution in [0.5, 0.6) is 5.75 Å². The highest BCUT2D eigenvalue weighted by Gasteiger charge is 2.12. The number of carboxylic acid groups (broad SMARTS) is 1. The third-order valence-electron chi connectivity index (χ3n) is 2.50. The van der Waals surface area contributed by atoms with Gasteiger partial charge in [-0.2, -0.15) is 0 Å². The highest BCUT2D eigenvalue weighted by Crippen LogP contribution is 2.25. The van der Waals surface area contributed by atoms with Crippen molar-refractivity contribution in [3.63, 3.8) is 0 Å². The summed E-state index contributed by atoms with van der Waals surface area (Å²) in [6, 6.07) is 7.80. The molecule has 3 nitrogen and oxygen atoms in total. The minimum Gasteiger partial charge on any atom is -0.494 e. The van der Waals surface area contributed by atoms with E-state index in [-0.39, 0.29) is 11.3 Å². The molecule has 5 heteroatoms. The van der Waals surface area contributed by atoms with Crippen molar-refractivity contribution in [3.8, 4) is 5.75 Å². The van der Waals surface area contributed by atoms with Crippen LogP contribution in [0, 0.1) is 5.82 Å². The zero-order chi connectivity index (χ0) is 13.8. The van der Waals surface area contributed by atoms with E-state index in [4.69, 9.17) is 4.74 Å². The molecule has 1 N–H and O–H groups in total. The Labute approximate surface area is 113 Å². The molecule has 0 radical (unpaired) electrons. The number of benzene rings is 1. The molecule has 0 saturated carbocycles. The van der Waals surface area contributed by atoms with Crippen LogP contribution in [-0.4, -0.2) is 18.2 Å². The van der Waals surface area contributed by atoms with Crippen molar-refractivity contribution in [1.29, 1.82) is 0 Å². The van der Waals surface area contributed by atoms with Crippen LogP contribution in [-0.2, 0) is 4.79 Å². The Morgan fingerprint density at radius 2 is 2.21 bits per heavy atom. The Balaban J connectivity index is 2.42. The first-order valence-corrected chi connectivity index (χ1v) is 6.32. The van der Waals surface area contributed by atoms with E-state index in [9.17, 15) is 14.3 Å². The molecule has 0 unspecified atom stereocenters. The van der Waals surface area contributed by atoms with Gasteiger partial charge in [0.1, 0.15) is 0 Å². The molecule has 2 rings (SSSR count). The number of carboxylic acids is 1. The number of ether oxygens (including phenoxy) is 1. The van der Waals surface area contributed by atoms with E-state index in [1.54, 1.807) is 23.6 Å². The third-order valence-corrected chi connectivity index (χ3v) is 3.41. The second-order valence-electron chi connectivity index (χ2n) is 3.73. The Morgan fingerprint density at radius 3 is 2.74 bits per heavy atom. The first-order valence-electron chi connectivity index (χ1n) is 5.44. The highest BCUT2D eigenvalue weighted by molar-refractivity contribution is 7.11. The number of methoxy groups -OCH3 is 1. The lowest BCUT2D eigenvalue weighted by Crippen LogP contribution is -1.98. The summed E-state index contributed by atoms with van der Waals surface area (Å²) in [6.45, 7) is 0. The molecular weight excluding hydrogens is 267 g/mol. The summed E-state index contributed by atoms with van der Waals surface area (Å²) in [6.07, 6.45) is 1.44. The monoisotopic (exact) mass is 278 g/mol. The van der Waals surface area contributed by atoms with Gasteiger partial charge in [-0.3, -0.25) is 0 Å². The number of halogens is 1. The summed E-state index contributed by atoms with van der Waals surface area (Å²) in [4.78, 5) is 11.9. The number of hydrogen-bond acceptors (Lipinski definition) is 3. The fraction of sp³-hybridized carbons (Fsp3) is 0.0714. The average molecular weight is 278 g/mol. The van der Waals surface area contributed by atoms with Crippen molar-refractivity contribution in [2.75, 3.05) is 7.11 Å².